The number of hydrogen-bond acceptors (Lipinski definition) is 5. The molecule has 0 radical (unpaired) electrons. The second kappa shape index (κ2) is 7.47. The predicted molar refractivity (Wildman–Crippen MR) is 91.0 cm³/mol. The Hall–Kier alpha value is -1.37. The standard InChI is InChI=1S/C14H15Cl3N6/c15-10-8-23(22-11-5-6-18-13(16)20-11)14(17)21-12(10)19-7-9-3-1-2-4-9/h5-6,8-9H,1-4,7H2,(H,18,20,22)/p+1. The fourth-order valence-electron chi connectivity index (χ4n) is 2.61. The minimum atomic E-state index is 0.139. The van der Waals surface area contributed by atoms with E-state index in [4.69, 9.17) is 34.8 Å². The van der Waals surface area contributed by atoms with E-state index < -0.39 is 0 Å². The third-order valence-electron chi connectivity index (χ3n) is 3.77. The van der Waals surface area contributed by atoms with Crippen molar-refractivity contribution < 1.29 is 4.68 Å². The molecule has 2 heterocycles. The van der Waals surface area contributed by atoms with Crippen LogP contribution in [0.15, 0.2) is 18.5 Å². The van der Waals surface area contributed by atoms with Gasteiger partial charge in [-0.1, -0.05) is 24.4 Å². The van der Waals surface area contributed by atoms with Crippen molar-refractivity contribution in [2.75, 3.05) is 17.3 Å². The first kappa shape index (κ1) is 16.5. The molecule has 2 aromatic rings. The summed E-state index contributed by atoms with van der Waals surface area (Å²) in [6.45, 7) is 0.863. The van der Waals surface area contributed by atoms with E-state index in [-0.39, 0.29) is 10.6 Å². The lowest BCUT2D eigenvalue weighted by atomic mass is 10.1. The summed E-state index contributed by atoms with van der Waals surface area (Å²) in [5.41, 5.74) is 2.95. The zero-order valence-corrected chi connectivity index (χ0v) is 14.5. The summed E-state index contributed by atoms with van der Waals surface area (Å²) in [7, 11) is 0. The molecule has 0 aromatic carbocycles. The van der Waals surface area contributed by atoms with Crippen LogP contribution in [0.2, 0.25) is 15.6 Å². The lowest BCUT2D eigenvalue weighted by Crippen LogP contribution is -2.44. The van der Waals surface area contributed by atoms with Crippen LogP contribution in [0, 0.1) is 5.92 Å². The van der Waals surface area contributed by atoms with E-state index in [9.17, 15) is 0 Å². The summed E-state index contributed by atoms with van der Waals surface area (Å²) in [6.07, 6.45) is 8.29. The number of nitrogens with zero attached hydrogens (tertiary/aromatic N) is 4. The molecule has 2 N–H and O–H groups in total. The monoisotopic (exact) mass is 373 g/mol. The first-order valence-corrected chi connectivity index (χ1v) is 8.52. The summed E-state index contributed by atoms with van der Waals surface area (Å²) in [5, 5.41) is 4.13. The molecule has 0 saturated heterocycles. The Morgan fingerprint density at radius 1 is 1.17 bits per heavy atom. The van der Waals surface area contributed by atoms with Crippen LogP contribution in [0.1, 0.15) is 25.7 Å². The van der Waals surface area contributed by atoms with Crippen LogP contribution >= 0.6 is 34.8 Å². The van der Waals surface area contributed by atoms with E-state index in [0.29, 0.717) is 22.6 Å². The third-order valence-corrected chi connectivity index (χ3v) is 4.49. The average molecular weight is 375 g/mol. The van der Waals surface area contributed by atoms with Gasteiger partial charge in [0.25, 0.3) is 5.82 Å². The number of anilines is 2. The molecule has 1 fully saturated rings. The molecular formula is C14H16Cl3N6+. The zero-order chi connectivity index (χ0) is 16.2. The van der Waals surface area contributed by atoms with E-state index in [0.717, 1.165) is 6.54 Å². The topological polar surface area (TPSA) is 66.6 Å². The molecule has 0 atom stereocenters. The van der Waals surface area contributed by atoms with Crippen molar-refractivity contribution in [2.45, 2.75) is 25.7 Å². The Morgan fingerprint density at radius 3 is 2.70 bits per heavy atom. The van der Waals surface area contributed by atoms with Crippen LogP contribution < -0.4 is 15.4 Å². The van der Waals surface area contributed by atoms with Crippen LogP contribution in [0.4, 0.5) is 11.6 Å². The van der Waals surface area contributed by atoms with Crippen LogP contribution in [-0.4, -0.2) is 21.5 Å². The molecule has 0 amide bonds. The van der Waals surface area contributed by atoms with Crippen molar-refractivity contribution in [2.24, 2.45) is 5.92 Å². The second-order valence-corrected chi connectivity index (χ2v) is 6.51. The van der Waals surface area contributed by atoms with Gasteiger partial charge in [-0.3, -0.25) is 0 Å². The SMILES string of the molecule is Clc1nccc(N[n+]2cc(Cl)c(NCC3CCCC3)nc2Cl)n1. The Labute approximate surface area is 149 Å². The smallest absolute Gasteiger partial charge is 0.348 e. The molecule has 6 nitrogen and oxygen atoms in total. The molecule has 0 unspecified atom stereocenters. The van der Waals surface area contributed by atoms with Crippen molar-refractivity contribution in [1.82, 2.24) is 15.0 Å². The fourth-order valence-corrected chi connectivity index (χ4v) is 3.14. The van der Waals surface area contributed by atoms with Gasteiger partial charge in [-0.25, -0.2) is 10.4 Å². The van der Waals surface area contributed by atoms with Crippen molar-refractivity contribution in [3.05, 3.63) is 34.0 Å². The van der Waals surface area contributed by atoms with Gasteiger partial charge < -0.3 is 5.32 Å². The molecule has 1 aliphatic rings. The molecular weight excluding hydrogens is 359 g/mol. The van der Waals surface area contributed by atoms with Crippen molar-refractivity contribution in [3.8, 4) is 0 Å². The number of aromatic nitrogens is 4. The molecule has 9 heteroatoms. The van der Waals surface area contributed by atoms with Gasteiger partial charge in [0.1, 0.15) is 6.20 Å². The maximum absolute atomic E-state index is 6.28. The lowest BCUT2D eigenvalue weighted by molar-refractivity contribution is -0.643. The molecule has 0 aliphatic heterocycles. The maximum Gasteiger partial charge on any atom is 0.422 e. The summed E-state index contributed by atoms with van der Waals surface area (Å²) >= 11 is 18.2. The molecule has 0 spiro atoms. The number of halogens is 3. The molecule has 1 aliphatic carbocycles. The zero-order valence-electron chi connectivity index (χ0n) is 12.3. The Bertz CT molecular complexity index is 690. The Balaban J connectivity index is 1.71. The Kier molecular flexibility index (Phi) is 5.35. The van der Waals surface area contributed by atoms with Crippen molar-refractivity contribution in [3.63, 3.8) is 0 Å². The summed E-state index contributed by atoms with van der Waals surface area (Å²) in [4.78, 5) is 12.1. The third kappa shape index (κ3) is 4.34. The highest BCUT2D eigenvalue weighted by molar-refractivity contribution is 6.33. The molecule has 1 saturated carbocycles. The van der Waals surface area contributed by atoms with Crippen LogP contribution in [0.25, 0.3) is 0 Å². The van der Waals surface area contributed by atoms with Gasteiger partial charge >= 0.3 is 5.28 Å². The van der Waals surface area contributed by atoms with E-state index in [1.165, 1.54) is 30.4 Å². The second-order valence-electron chi connectivity index (χ2n) is 5.43. The largest absolute Gasteiger partial charge is 0.422 e. The average Bonchev–Trinajstić information content (AvgIpc) is 3.03. The van der Waals surface area contributed by atoms with Gasteiger partial charge in [-0.05, 0) is 35.3 Å². The van der Waals surface area contributed by atoms with Crippen LogP contribution in [0.5, 0.6) is 0 Å². The van der Waals surface area contributed by atoms with Crippen LogP contribution in [-0.2, 0) is 0 Å². The van der Waals surface area contributed by atoms with Crippen molar-refractivity contribution in [1.29, 1.82) is 0 Å². The maximum atomic E-state index is 6.28. The normalized spacial score (nSPS) is 14.9. The van der Waals surface area contributed by atoms with E-state index in [1.54, 1.807) is 18.5 Å². The molecule has 23 heavy (non-hydrogen) atoms. The summed E-state index contributed by atoms with van der Waals surface area (Å²) in [5.74, 6) is 1.75. The van der Waals surface area contributed by atoms with Gasteiger partial charge in [-0.15, -0.1) is 4.68 Å². The summed E-state index contributed by atoms with van der Waals surface area (Å²) < 4.78 is 1.48. The number of nitrogens with one attached hydrogen (secondary N) is 2. The highest BCUT2D eigenvalue weighted by Gasteiger charge is 2.21. The van der Waals surface area contributed by atoms with Gasteiger partial charge in [0.15, 0.2) is 10.8 Å². The molecule has 122 valence electrons. The van der Waals surface area contributed by atoms with Gasteiger partial charge in [0, 0.05) is 30.4 Å². The summed E-state index contributed by atoms with van der Waals surface area (Å²) in [6, 6.07) is 1.66. The fraction of sp³-hybridized carbons (Fsp3) is 0.429. The number of hydrogen-bond donors (Lipinski definition) is 2. The van der Waals surface area contributed by atoms with E-state index >= 15 is 0 Å². The Morgan fingerprint density at radius 2 is 1.96 bits per heavy atom. The van der Waals surface area contributed by atoms with Crippen molar-refractivity contribution >= 4 is 46.4 Å². The quantitative estimate of drug-likeness (QED) is 0.618. The molecule has 0 bridgehead atoms. The van der Waals surface area contributed by atoms with E-state index in [1.807, 2.05) is 0 Å². The molecule has 3 rings (SSSR count). The molecule has 2 aromatic heterocycles. The predicted octanol–water partition coefficient (Wildman–Crippen LogP) is 3.60. The van der Waals surface area contributed by atoms with Gasteiger partial charge in [-0.2, -0.15) is 4.98 Å². The van der Waals surface area contributed by atoms with Crippen LogP contribution in [0.3, 0.4) is 0 Å². The highest BCUT2D eigenvalue weighted by atomic mass is 35.5. The minimum absolute atomic E-state index is 0.139. The van der Waals surface area contributed by atoms with Gasteiger partial charge in [0.2, 0.25) is 5.28 Å². The first-order valence-electron chi connectivity index (χ1n) is 7.39. The van der Waals surface area contributed by atoms with Gasteiger partial charge in [0.05, 0.1) is 0 Å². The number of rotatable bonds is 5. The highest BCUT2D eigenvalue weighted by Crippen LogP contribution is 2.26. The van der Waals surface area contributed by atoms with E-state index in [2.05, 4.69) is 25.7 Å². The first-order chi connectivity index (χ1) is 11.1. The minimum Gasteiger partial charge on any atom is -0.348 e. The lowest BCUT2D eigenvalue weighted by Gasteiger charge is -2.10.